The zero-order valence-electron chi connectivity index (χ0n) is 15.9. The topological polar surface area (TPSA) is 14.2 Å². The van der Waals surface area contributed by atoms with E-state index in [1.807, 2.05) is 6.08 Å². The van der Waals surface area contributed by atoms with E-state index in [-0.39, 0.29) is 0 Å². The minimum Gasteiger partial charge on any atom is -0.488 e. The number of unbranched alkanes of at least 4 members (excludes halogenated alkanes) is 1. The molecule has 0 aliphatic heterocycles. The molecule has 4 rings (SSSR count). The molecule has 28 heavy (non-hydrogen) atoms. The lowest BCUT2D eigenvalue weighted by Crippen LogP contribution is -1.98. The third-order valence-corrected chi connectivity index (χ3v) is 5.70. The lowest BCUT2D eigenvalue weighted by Gasteiger charge is -2.10. The van der Waals surface area contributed by atoms with Crippen molar-refractivity contribution < 1.29 is 4.74 Å². The van der Waals surface area contributed by atoms with Gasteiger partial charge in [0.15, 0.2) is 0 Å². The number of halogens is 1. The molecule has 0 saturated heterocycles. The fourth-order valence-electron chi connectivity index (χ4n) is 3.70. The highest BCUT2D eigenvalue weighted by atomic mass is 79.9. The van der Waals surface area contributed by atoms with Crippen LogP contribution in [0.25, 0.3) is 27.9 Å². The van der Waals surface area contributed by atoms with Crippen LogP contribution in [-0.2, 0) is 13.2 Å². The van der Waals surface area contributed by atoms with Gasteiger partial charge >= 0.3 is 0 Å². The van der Waals surface area contributed by atoms with Gasteiger partial charge < -0.3 is 9.30 Å². The van der Waals surface area contributed by atoms with Crippen molar-refractivity contribution in [3.8, 4) is 5.75 Å². The number of nitrogens with zero attached hydrogens (tertiary/aromatic N) is 1. The Bertz CT molecular complexity index is 1090. The molecule has 0 radical (unpaired) electrons. The van der Waals surface area contributed by atoms with Gasteiger partial charge in [-0.05, 0) is 42.2 Å². The van der Waals surface area contributed by atoms with Gasteiger partial charge in [-0.3, -0.25) is 0 Å². The van der Waals surface area contributed by atoms with Crippen LogP contribution in [0.1, 0.15) is 24.0 Å². The van der Waals surface area contributed by atoms with Crippen LogP contribution in [-0.4, -0.2) is 9.90 Å². The molecule has 0 unspecified atom stereocenters. The van der Waals surface area contributed by atoms with Crippen molar-refractivity contribution in [1.29, 1.82) is 0 Å². The average Bonchev–Trinajstić information content (AvgIpc) is 3.07. The van der Waals surface area contributed by atoms with Crippen molar-refractivity contribution in [2.45, 2.75) is 26.0 Å². The average molecular weight is 434 g/mol. The first-order valence-electron chi connectivity index (χ1n) is 9.72. The predicted molar refractivity (Wildman–Crippen MR) is 123 cm³/mol. The van der Waals surface area contributed by atoms with Crippen LogP contribution in [0.2, 0.25) is 0 Å². The van der Waals surface area contributed by atoms with Crippen molar-refractivity contribution in [2.75, 3.05) is 5.33 Å². The molecule has 1 heterocycles. The first-order chi connectivity index (χ1) is 13.8. The molecule has 0 aliphatic carbocycles. The Labute approximate surface area is 174 Å². The molecule has 0 atom stereocenters. The Kier molecular flexibility index (Phi) is 5.82. The second-order valence-corrected chi connectivity index (χ2v) is 7.74. The Hall–Kier alpha value is -2.52. The summed E-state index contributed by atoms with van der Waals surface area (Å²) in [4.78, 5) is 0. The maximum Gasteiger partial charge on any atom is 0.129 e. The van der Waals surface area contributed by atoms with E-state index in [1.165, 1.54) is 28.2 Å². The van der Waals surface area contributed by atoms with E-state index in [9.17, 15) is 0 Å². The summed E-state index contributed by atoms with van der Waals surface area (Å²) in [6.45, 7) is 5.38. The minimum absolute atomic E-state index is 0.555. The Morgan fingerprint density at radius 1 is 0.893 bits per heavy atom. The molecular weight excluding hydrogens is 410 g/mol. The molecule has 0 spiro atoms. The third kappa shape index (κ3) is 3.72. The summed E-state index contributed by atoms with van der Waals surface area (Å²) in [7, 11) is 0. The van der Waals surface area contributed by atoms with E-state index in [0.717, 1.165) is 35.2 Å². The van der Waals surface area contributed by atoms with Gasteiger partial charge in [0.05, 0.1) is 5.52 Å². The monoisotopic (exact) mass is 433 g/mol. The lowest BCUT2D eigenvalue weighted by atomic mass is 10.1. The van der Waals surface area contributed by atoms with Gasteiger partial charge in [-0.25, -0.2) is 0 Å². The Morgan fingerprint density at radius 2 is 1.68 bits per heavy atom. The van der Waals surface area contributed by atoms with Crippen molar-refractivity contribution in [3.63, 3.8) is 0 Å². The number of hydrogen-bond acceptors (Lipinski definition) is 1. The van der Waals surface area contributed by atoms with Crippen molar-refractivity contribution in [2.24, 2.45) is 0 Å². The van der Waals surface area contributed by atoms with E-state index in [1.54, 1.807) is 0 Å². The van der Waals surface area contributed by atoms with Crippen LogP contribution in [0.3, 0.4) is 0 Å². The van der Waals surface area contributed by atoms with E-state index >= 15 is 0 Å². The van der Waals surface area contributed by atoms with Crippen molar-refractivity contribution in [3.05, 3.63) is 84.4 Å². The number of rotatable bonds is 8. The van der Waals surface area contributed by atoms with Gasteiger partial charge in [0.2, 0.25) is 0 Å². The smallest absolute Gasteiger partial charge is 0.129 e. The standard InChI is InChI=1S/C25H24BrNO/c1-2-19-12-14-20(15-13-19)18-28-24-11-7-10-23-25(24)21-8-3-4-9-22(21)27(23)17-6-5-16-26/h2-4,7-15H,1,5-6,16-18H2. The number of fused-ring (bicyclic) bond motifs is 3. The number of para-hydroxylation sites is 1. The van der Waals surface area contributed by atoms with Gasteiger partial charge in [0, 0.05) is 28.2 Å². The second-order valence-electron chi connectivity index (χ2n) is 6.95. The van der Waals surface area contributed by atoms with Crippen LogP contribution in [0.5, 0.6) is 5.75 Å². The molecular formula is C25H24BrNO. The number of ether oxygens (including phenoxy) is 1. The first-order valence-corrected chi connectivity index (χ1v) is 10.8. The molecule has 142 valence electrons. The van der Waals surface area contributed by atoms with Gasteiger partial charge in [-0.2, -0.15) is 0 Å². The molecule has 2 nitrogen and oxygen atoms in total. The van der Waals surface area contributed by atoms with E-state index in [0.29, 0.717) is 6.61 Å². The normalized spacial score (nSPS) is 11.2. The van der Waals surface area contributed by atoms with Crippen LogP contribution in [0.15, 0.2) is 73.3 Å². The summed E-state index contributed by atoms with van der Waals surface area (Å²) < 4.78 is 8.71. The zero-order valence-corrected chi connectivity index (χ0v) is 17.5. The summed E-state index contributed by atoms with van der Waals surface area (Å²) >= 11 is 3.54. The summed E-state index contributed by atoms with van der Waals surface area (Å²) in [5, 5.41) is 3.51. The highest BCUT2D eigenvalue weighted by Gasteiger charge is 2.14. The zero-order chi connectivity index (χ0) is 19.3. The van der Waals surface area contributed by atoms with Crippen LogP contribution < -0.4 is 4.74 Å². The van der Waals surface area contributed by atoms with Crippen LogP contribution in [0, 0.1) is 0 Å². The van der Waals surface area contributed by atoms with Gasteiger partial charge in [0.1, 0.15) is 12.4 Å². The molecule has 0 bridgehead atoms. The molecule has 1 aromatic heterocycles. The van der Waals surface area contributed by atoms with E-state index < -0.39 is 0 Å². The molecule has 0 aliphatic rings. The number of alkyl halides is 1. The fraction of sp³-hybridized carbons (Fsp3) is 0.200. The molecule has 3 aromatic carbocycles. The predicted octanol–water partition coefficient (Wildman–Crippen LogP) is 7.19. The molecule has 0 saturated carbocycles. The number of hydrogen-bond donors (Lipinski definition) is 0. The van der Waals surface area contributed by atoms with Crippen LogP contribution in [0.4, 0.5) is 0 Å². The molecule has 3 heteroatoms. The molecule has 0 fully saturated rings. The largest absolute Gasteiger partial charge is 0.488 e. The summed E-state index contributed by atoms with van der Waals surface area (Å²) in [5.74, 6) is 0.945. The van der Waals surface area contributed by atoms with Crippen molar-refractivity contribution in [1.82, 2.24) is 4.57 Å². The first kappa shape index (κ1) is 18.8. The second kappa shape index (κ2) is 8.66. The Balaban J connectivity index is 1.70. The van der Waals surface area contributed by atoms with E-state index in [2.05, 4.69) is 93.8 Å². The third-order valence-electron chi connectivity index (χ3n) is 5.13. The highest BCUT2D eigenvalue weighted by Crippen LogP contribution is 2.36. The minimum atomic E-state index is 0.555. The number of benzene rings is 3. The van der Waals surface area contributed by atoms with Crippen LogP contribution >= 0.6 is 15.9 Å². The number of aromatic nitrogens is 1. The van der Waals surface area contributed by atoms with E-state index in [4.69, 9.17) is 4.74 Å². The molecule has 0 amide bonds. The maximum absolute atomic E-state index is 6.28. The van der Waals surface area contributed by atoms with Gasteiger partial charge in [0.25, 0.3) is 0 Å². The maximum atomic E-state index is 6.28. The Morgan fingerprint density at radius 3 is 2.46 bits per heavy atom. The highest BCUT2D eigenvalue weighted by molar-refractivity contribution is 9.09. The summed E-state index contributed by atoms with van der Waals surface area (Å²) in [5.41, 5.74) is 4.80. The van der Waals surface area contributed by atoms with Crippen molar-refractivity contribution >= 4 is 43.8 Å². The SMILES string of the molecule is C=Cc1ccc(COc2cccc3c2c2ccccc2n3CCCCBr)cc1. The number of aryl methyl sites for hydroxylation is 1. The molecule has 4 aromatic rings. The van der Waals surface area contributed by atoms with Gasteiger partial charge in [-0.1, -0.05) is 77.1 Å². The van der Waals surface area contributed by atoms with Gasteiger partial charge in [-0.15, -0.1) is 0 Å². The fourth-order valence-corrected chi connectivity index (χ4v) is 4.10. The summed E-state index contributed by atoms with van der Waals surface area (Å²) in [6, 6.07) is 23.3. The molecule has 0 N–H and O–H groups in total. The lowest BCUT2D eigenvalue weighted by molar-refractivity contribution is 0.310. The summed E-state index contributed by atoms with van der Waals surface area (Å²) in [6.07, 6.45) is 4.18. The quantitative estimate of drug-likeness (QED) is 0.211.